The number of hydrogen-bond donors (Lipinski definition) is 1. The second-order valence-corrected chi connectivity index (χ2v) is 7.40. The van der Waals surface area contributed by atoms with Crippen LogP contribution in [0.3, 0.4) is 0 Å². The Labute approximate surface area is 183 Å². The van der Waals surface area contributed by atoms with Crippen molar-refractivity contribution >= 4 is 23.3 Å². The first-order valence-corrected chi connectivity index (χ1v) is 10.5. The van der Waals surface area contributed by atoms with Gasteiger partial charge in [-0.2, -0.15) is 0 Å². The maximum absolute atomic E-state index is 4.99. The lowest BCUT2D eigenvalue weighted by atomic mass is 9.96. The molecular weight excluding hydrogens is 380 g/mol. The Kier molecular flexibility index (Phi) is 6.48. The van der Waals surface area contributed by atoms with Crippen molar-refractivity contribution in [3.63, 3.8) is 0 Å². The minimum absolute atomic E-state index is 0.600. The van der Waals surface area contributed by atoms with Crippen LogP contribution in [0.5, 0.6) is 0 Å². The molecule has 1 aliphatic rings. The molecule has 0 unspecified atom stereocenters. The maximum Gasteiger partial charge on any atom is 0.0732 e. The summed E-state index contributed by atoms with van der Waals surface area (Å²) in [6.07, 6.45) is 6.86. The molecule has 4 nitrogen and oxygen atoms in total. The van der Waals surface area contributed by atoms with E-state index < -0.39 is 0 Å². The molecule has 0 spiro atoms. The van der Waals surface area contributed by atoms with Gasteiger partial charge >= 0.3 is 0 Å². The molecule has 4 rings (SSSR count). The Bertz CT molecular complexity index is 1140. The number of rotatable bonds is 7. The molecule has 0 atom stereocenters. The number of aliphatic imine (C=N–C) groups is 2. The van der Waals surface area contributed by atoms with E-state index in [9.17, 15) is 0 Å². The molecule has 0 fully saturated rings. The van der Waals surface area contributed by atoms with Gasteiger partial charge in [-0.25, -0.2) is 0 Å². The zero-order chi connectivity index (χ0) is 21.5. The Morgan fingerprint density at radius 1 is 1.03 bits per heavy atom. The molecule has 0 radical (unpaired) electrons. The van der Waals surface area contributed by atoms with E-state index in [1.165, 1.54) is 0 Å². The first-order valence-electron chi connectivity index (χ1n) is 10.5. The second kappa shape index (κ2) is 9.81. The Balaban J connectivity index is 1.73. The average Bonchev–Trinajstić information content (AvgIpc) is 2.84. The van der Waals surface area contributed by atoms with Crippen LogP contribution in [0.4, 0.5) is 5.69 Å². The number of hydrogen-bond acceptors (Lipinski definition) is 4. The van der Waals surface area contributed by atoms with E-state index in [0.29, 0.717) is 6.54 Å². The molecule has 4 heteroatoms. The van der Waals surface area contributed by atoms with Crippen LogP contribution in [-0.2, 0) is 6.54 Å². The Morgan fingerprint density at radius 3 is 2.61 bits per heavy atom. The smallest absolute Gasteiger partial charge is 0.0732 e. The van der Waals surface area contributed by atoms with E-state index in [1.807, 2.05) is 61.7 Å². The monoisotopic (exact) mass is 406 g/mol. The van der Waals surface area contributed by atoms with Crippen molar-refractivity contribution in [3.8, 4) is 11.1 Å². The summed E-state index contributed by atoms with van der Waals surface area (Å²) in [4.78, 5) is 13.8. The summed E-state index contributed by atoms with van der Waals surface area (Å²) < 4.78 is 0. The van der Waals surface area contributed by atoms with Crippen molar-refractivity contribution in [2.45, 2.75) is 19.9 Å². The van der Waals surface area contributed by atoms with Gasteiger partial charge in [0.1, 0.15) is 0 Å². The standard InChI is InChI=1S/C27H26N4/c1-20(23-12-9-16-28-18-23)31-26-15-8-14-25(22-10-4-3-5-11-22)27(26)21(2)30-19-24-13-6-7-17-29-24/h3-8,10-15,17-18,30H,2,9,16,19H2,1H3/b31-20+. The quantitative estimate of drug-likeness (QED) is 0.489. The topological polar surface area (TPSA) is 49.6 Å². The van der Waals surface area contributed by atoms with Gasteiger partial charge in [0.05, 0.1) is 17.9 Å². The normalized spacial score (nSPS) is 13.6. The van der Waals surface area contributed by atoms with Crippen LogP contribution in [0.25, 0.3) is 16.8 Å². The molecule has 0 amide bonds. The largest absolute Gasteiger partial charge is 0.379 e. The Morgan fingerprint density at radius 2 is 1.87 bits per heavy atom. The van der Waals surface area contributed by atoms with Crippen LogP contribution in [0.15, 0.2) is 101 Å². The molecule has 2 aromatic carbocycles. The predicted octanol–water partition coefficient (Wildman–Crippen LogP) is 6.00. The minimum Gasteiger partial charge on any atom is -0.379 e. The van der Waals surface area contributed by atoms with Gasteiger partial charge in [0, 0.05) is 41.5 Å². The molecule has 0 saturated carbocycles. The van der Waals surface area contributed by atoms with Crippen LogP contribution in [0.2, 0.25) is 0 Å². The van der Waals surface area contributed by atoms with Gasteiger partial charge in [-0.15, -0.1) is 0 Å². The third kappa shape index (κ3) is 5.04. The molecule has 3 aromatic rings. The molecule has 2 heterocycles. The van der Waals surface area contributed by atoms with E-state index in [2.05, 4.69) is 46.1 Å². The zero-order valence-electron chi connectivity index (χ0n) is 17.8. The number of aromatic nitrogens is 1. The number of benzene rings is 2. The molecule has 31 heavy (non-hydrogen) atoms. The first-order chi connectivity index (χ1) is 15.2. The molecule has 154 valence electrons. The van der Waals surface area contributed by atoms with E-state index in [-0.39, 0.29) is 0 Å². The van der Waals surface area contributed by atoms with Gasteiger partial charge in [-0.1, -0.05) is 61.2 Å². The van der Waals surface area contributed by atoms with Gasteiger partial charge in [-0.05, 0) is 42.7 Å². The summed E-state index contributed by atoms with van der Waals surface area (Å²) in [6.45, 7) is 7.84. The number of nitrogens with one attached hydrogen (secondary N) is 1. The summed E-state index contributed by atoms with van der Waals surface area (Å²) in [6, 6.07) is 22.5. The van der Waals surface area contributed by atoms with E-state index in [0.717, 1.165) is 58.0 Å². The summed E-state index contributed by atoms with van der Waals surface area (Å²) in [5.74, 6) is 0. The highest BCUT2D eigenvalue weighted by atomic mass is 14.9. The third-order valence-electron chi connectivity index (χ3n) is 5.20. The van der Waals surface area contributed by atoms with Crippen LogP contribution in [0.1, 0.15) is 24.6 Å². The van der Waals surface area contributed by atoms with Crippen molar-refractivity contribution in [2.24, 2.45) is 9.98 Å². The predicted molar refractivity (Wildman–Crippen MR) is 131 cm³/mol. The van der Waals surface area contributed by atoms with Gasteiger partial charge in [0.2, 0.25) is 0 Å². The number of pyridine rings is 1. The highest BCUT2D eigenvalue weighted by Gasteiger charge is 2.14. The maximum atomic E-state index is 4.99. The molecule has 1 aromatic heterocycles. The van der Waals surface area contributed by atoms with Gasteiger partial charge < -0.3 is 5.32 Å². The highest BCUT2D eigenvalue weighted by molar-refractivity contribution is 6.16. The third-order valence-corrected chi connectivity index (χ3v) is 5.20. The van der Waals surface area contributed by atoms with Gasteiger partial charge in [0.25, 0.3) is 0 Å². The summed E-state index contributed by atoms with van der Waals surface area (Å²) >= 11 is 0. The molecule has 1 N–H and O–H groups in total. The Hall–Kier alpha value is -3.79. The fourth-order valence-corrected chi connectivity index (χ4v) is 3.59. The van der Waals surface area contributed by atoms with Crippen LogP contribution >= 0.6 is 0 Å². The molecule has 0 aliphatic carbocycles. The number of dihydropyridines is 1. The van der Waals surface area contributed by atoms with E-state index in [4.69, 9.17) is 4.99 Å². The summed E-state index contributed by atoms with van der Waals surface area (Å²) in [5.41, 5.74) is 7.93. The lowest BCUT2D eigenvalue weighted by Crippen LogP contribution is -2.13. The van der Waals surface area contributed by atoms with Crippen molar-refractivity contribution in [1.82, 2.24) is 10.3 Å². The zero-order valence-corrected chi connectivity index (χ0v) is 17.8. The fourth-order valence-electron chi connectivity index (χ4n) is 3.59. The lowest BCUT2D eigenvalue weighted by Gasteiger charge is -2.17. The number of nitrogens with zero attached hydrogens (tertiary/aromatic N) is 3. The van der Waals surface area contributed by atoms with E-state index in [1.54, 1.807) is 6.20 Å². The molecule has 0 saturated heterocycles. The van der Waals surface area contributed by atoms with Crippen LogP contribution in [0, 0.1) is 0 Å². The van der Waals surface area contributed by atoms with Crippen LogP contribution < -0.4 is 5.32 Å². The van der Waals surface area contributed by atoms with Crippen molar-refractivity contribution in [2.75, 3.05) is 6.54 Å². The molecule has 1 aliphatic heterocycles. The number of allylic oxidation sites excluding steroid dienone is 1. The molecular formula is C27H26N4. The summed E-state index contributed by atoms with van der Waals surface area (Å²) in [7, 11) is 0. The SMILES string of the molecule is C=C(NCc1ccccn1)c1c(/N=C(\C)C2=CCCN=C2)cccc1-c1ccccc1. The van der Waals surface area contributed by atoms with E-state index >= 15 is 0 Å². The lowest BCUT2D eigenvalue weighted by molar-refractivity contribution is 0.855. The summed E-state index contributed by atoms with van der Waals surface area (Å²) in [5, 5.41) is 3.45. The average molecular weight is 407 g/mol. The van der Waals surface area contributed by atoms with Crippen LogP contribution in [-0.4, -0.2) is 23.5 Å². The van der Waals surface area contributed by atoms with Crippen molar-refractivity contribution < 1.29 is 0 Å². The van der Waals surface area contributed by atoms with Gasteiger partial charge in [0.15, 0.2) is 0 Å². The fraction of sp³-hybridized carbons (Fsp3) is 0.148. The highest BCUT2D eigenvalue weighted by Crippen LogP contribution is 2.35. The minimum atomic E-state index is 0.600. The molecule has 0 bridgehead atoms. The van der Waals surface area contributed by atoms with Crippen molar-refractivity contribution in [3.05, 3.63) is 102 Å². The first kappa shape index (κ1) is 20.5. The van der Waals surface area contributed by atoms with Gasteiger partial charge in [-0.3, -0.25) is 15.0 Å². The van der Waals surface area contributed by atoms with Crippen molar-refractivity contribution in [1.29, 1.82) is 0 Å². The second-order valence-electron chi connectivity index (χ2n) is 7.40.